The van der Waals surface area contributed by atoms with E-state index >= 15 is 0 Å². The van der Waals surface area contributed by atoms with E-state index in [1.165, 1.54) is 35.8 Å². The number of benzene rings is 1. The molecular formula is C41H64F2N12O11. The summed E-state index contributed by atoms with van der Waals surface area (Å²) in [7, 11) is 1.53. The van der Waals surface area contributed by atoms with E-state index in [4.69, 9.17) is 60.5 Å². The molecule has 1 aromatic heterocycles. The van der Waals surface area contributed by atoms with Gasteiger partial charge in [-0.3, -0.25) is 14.4 Å². The van der Waals surface area contributed by atoms with Crippen LogP contribution in [0.25, 0.3) is 20.9 Å². The zero-order chi connectivity index (χ0) is 48.6. The first kappa shape index (κ1) is 56.7. The zero-order valence-corrected chi connectivity index (χ0v) is 38.1. The molecule has 6 N–H and O–H groups in total. The van der Waals surface area contributed by atoms with Crippen molar-refractivity contribution in [3.05, 3.63) is 85.1 Å². The van der Waals surface area contributed by atoms with Crippen molar-refractivity contribution in [3.8, 4) is 0 Å². The molecule has 23 nitrogen and oxygen atoms in total. The van der Waals surface area contributed by atoms with Gasteiger partial charge in [-0.05, 0) is 49.0 Å². The second kappa shape index (κ2) is 33.1. The van der Waals surface area contributed by atoms with E-state index in [1.807, 2.05) is 6.92 Å². The number of Topliss-reactive ketones (excluding diaryl/α,β-unsaturated/α-hetero) is 1. The Kier molecular flexibility index (Phi) is 28.4. The topological polar surface area (TPSA) is 307 Å². The van der Waals surface area contributed by atoms with Crippen molar-refractivity contribution in [2.45, 2.75) is 27.2 Å². The monoisotopic (exact) mass is 938 g/mol. The number of hydrogen-bond acceptors (Lipinski definition) is 16. The Morgan fingerprint density at radius 2 is 1.29 bits per heavy atom. The van der Waals surface area contributed by atoms with Gasteiger partial charge in [0.2, 0.25) is 0 Å². The Bertz CT molecular complexity index is 1900. The predicted octanol–water partition coefficient (Wildman–Crippen LogP) is 3.60. The quantitative estimate of drug-likeness (QED) is 0.0109. The number of nitrogens with zero attached hydrogens (tertiary/aromatic N) is 8. The summed E-state index contributed by atoms with van der Waals surface area (Å²) in [6, 6.07) is 2.89. The number of ether oxygens (including phenoxy) is 8. The molecule has 2 rings (SSSR count). The maximum absolute atomic E-state index is 13.7. The lowest BCUT2D eigenvalue weighted by molar-refractivity contribution is -0.121. The van der Waals surface area contributed by atoms with E-state index in [2.05, 4.69) is 30.7 Å². The molecule has 0 unspecified atom stereocenters. The molecule has 0 aliphatic carbocycles. The fraction of sp³-hybridized carbons (Fsp3) is 0.634. The van der Waals surface area contributed by atoms with Gasteiger partial charge in [0, 0.05) is 65.9 Å². The first-order valence-corrected chi connectivity index (χ1v) is 21.2. The number of rotatable bonds is 38. The van der Waals surface area contributed by atoms with Crippen molar-refractivity contribution in [1.82, 2.24) is 14.9 Å². The zero-order valence-electron chi connectivity index (χ0n) is 38.1. The minimum Gasteiger partial charge on any atom is -0.399 e. The minimum atomic E-state index is -1.14. The van der Waals surface area contributed by atoms with Gasteiger partial charge >= 0.3 is 0 Å². The molecule has 0 aliphatic heterocycles. The number of anilines is 1. The molecular weight excluding hydrogens is 875 g/mol. The molecule has 2 amide bonds. The first-order valence-electron chi connectivity index (χ1n) is 21.2. The van der Waals surface area contributed by atoms with E-state index < -0.39 is 34.6 Å². The van der Waals surface area contributed by atoms with Crippen molar-refractivity contribution in [1.29, 1.82) is 0 Å². The van der Waals surface area contributed by atoms with Gasteiger partial charge in [0.1, 0.15) is 5.69 Å². The molecule has 1 heterocycles. The molecule has 368 valence electrons. The number of hydrazine groups is 1. The maximum Gasteiger partial charge on any atom is 0.292 e. The molecule has 66 heavy (non-hydrogen) atoms. The van der Waals surface area contributed by atoms with Gasteiger partial charge in [-0.15, -0.1) is 0 Å². The van der Waals surface area contributed by atoms with Crippen LogP contribution in [0.4, 0.5) is 14.5 Å². The second-order valence-electron chi connectivity index (χ2n) is 14.6. The van der Waals surface area contributed by atoms with Gasteiger partial charge in [-0.1, -0.05) is 17.2 Å². The normalized spacial score (nSPS) is 12.3. The number of halogens is 2. The number of ketones is 1. The molecule has 1 aromatic carbocycles. The number of hydrogen-bond donors (Lipinski definition) is 4. The number of carbonyl (C=O) groups excluding carboxylic acids is 3. The average molecular weight is 939 g/mol. The second-order valence-corrected chi connectivity index (χ2v) is 14.6. The van der Waals surface area contributed by atoms with Gasteiger partial charge in [-0.25, -0.2) is 14.6 Å². The standard InChI is InChI=1S/C41H64F2N12O11/c1-5-11-59-15-19-63-26-41(27-64-20-16-60-12-8-49-52-45,28-65-21-17-61-13-9-50-53-46)29-66-22-18-62-14-10-55(47)25-32(44)24-48-40(58)38(56)36-30(2)37(54(4)31(36)3)39(57)51-33-6-7-34(42)35(43)23-33/h6-7,23,25H,5,8-22,24,26-29,44,47H2,1-4H3,(H,48,58)(H,51,57)/b32-25-. The molecule has 0 bridgehead atoms. The summed E-state index contributed by atoms with van der Waals surface area (Å²) in [6.45, 7) is 9.82. The number of aromatic nitrogens is 1. The molecule has 0 fully saturated rings. The van der Waals surface area contributed by atoms with Crippen LogP contribution in [0, 0.1) is 30.9 Å². The number of nitrogens with one attached hydrogen (secondary N) is 2. The van der Waals surface area contributed by atoms with Crippen LogP contribution in [0.2, 0.25) is 0 Å². The van der Waals surface area contributed by atoms with Crippen LogP contribution in [0.1, 0.15) is 45.4 Å². The van der Waals surface area contributed by atoms with Crippen molar-refractivity contribution >= 4 is 23.3 Å². The average Bonchev–Trinajstić information content (AvgIpc) is 3.52. The number of azide groups is 2. The third kappa shape index (κ3) is 21.7. The number of nitrogens with two attached hydrogens (primary N) is 2. The Balaban J connectivity index is 1.90. The third-order valence-electron chi connectivity index (χ3n) is 9.30. The van der Waals surface area contributed by atoms with Crippen molar-refractivity contribution < 1.29 is 61.1 Å². The Hall–Kier alpha value is -5.43. The Morgan fingerprint density at radius 3 is 1.79 bits per heavy atom. The summed E-state index contributed by atoms with van der Waals surface area (Å²) < 4.78 is 74.6. The molecule has 2 aromatic rings. The third-order valence-corrected chi connectivity index (χ3v) is 9.30. The van der Waals surface area contributed by atoms with Crippen LogP contribution in [-0.4, -0.2) is 159 Å². The molecule has 0 atom stereocenters. The summed E-state index contributed by atoms with van der Waals surface area (Å²) in [4.78, 5) is 44.6. The van der Waals surface area contributed by atoms with Crippen molar-refractivity contribution in [2.24, 2.45) is 34.3 Å². The molecule has 0 radical (unpaired) electrons. The molecule has 25 heteroatoms. The fourth-order valence-corrected chi connectivity index (χ4v) is 6.00. The summed E-state index contributed by atoms with van der Waals surface area (Å²) in [5.41, 5.74) is 23.0. The predicted molar refractivity (Wildman–Crippen MR) is 237 cm³/mol. The van der Waals surface area contributed by atoms with Crippen molar-refractivity contribution in [2.75, 3.05) is 137 Å². The number of carbonyl (C=O) groups is 3. The van der Waals surface area contributed by atoms with Crippen LogP contribution in [0.15, 0.2) is 40.3 Å². The molecule has 0 spiro atoms. The highest BCUT2D eigenvalue weighted by Gasteiger charge is 2.33. The molecule has 0 saturated carbocycles. The van der Waals surface area contributed by atoms with E-state index in [0.29, 0.717) is 25.5 Å². The lowest BCUT2D eigenvalue weighted by Crippen LogP contribution is -2.43. The van der Waals surface area contributed by atoms with Crippen molar-refractivity contribution in [3.63, 3.8) is 0 Å². The van der Waals surface area contributed by atoms with Crippen LogP contribution >= 0.6 is 0 Å². The van der Waals surface area contributed by atoms with E-state index in [-0.39, 0.29) is 140 Å². The van der Waals surface area contributed by atoms with Crippen LogP contribution in [-0.2, 0) is 49.7 Å². The largest absolute Gasteiger partial charge is 0.399 e. The van der Waals surface area contributed by atoms with Crippen LogP contribution in [0.5, 0.6) is 0 Å². The smallest absolute Gasteiger partial charge is 0.292 e. The highest BCUT2D eigenvalue weighted by molar-refractivity contribution is 6.43. The summed E-state index contributed by atoms with van der Waals surface area (Å²) in [6.07, 6.45) is 2.26. The van der Waals surface area contributed by atoms with E-state index in [9.17, 15) is 23.2 Å². The highest BCUT2D eigenvalue weighted by atomic mass is 19.2. The molecule has 0 saturated heterocycles. The highest BCUT2D eigenvalue weighted by Crippen LogP contribution is 2.24. The summed E-state index contributed by atoms with van der Waals surface area (Å²) in [5.74, 6) is 1.28. The minimum absolute atomic E-state index is 0.00503. The summed E-state index contributed by atoms with van der Waals surface area (Å²) >= 11 is 0. The van der Waals surface area contributed by atoms with Crippen LogP contribution in [0.3, 0.4) is 0 Å². The van der Waals surface area contributed by atoms with E-state index in [1.54, 1.807) is 6.92 Å². The lowest BCUT2D eigenvalue weighted by Gasteiger charge is -2.33. The van der Waals surface area contributed by atoms with Gasteiger partial charge in [0.25, 0.3) is 17.6 Å². The summed E-state index contributed by atoms with van der Waals surface area (Å²) in [5, 5.41) is 13.1. The lowest BCUT2D eigenvalue weighted by atomic mass is 9.92. The van der Waals surface area contributed by atoms with Crippen LogP contribution < -0.4 is 22.2 Å². The van der Waals surface area contributed by atoms with Gasteiger partial charge < -0.3 is 63.8 Å². The molecule has 0 aliphatic rings. The Morgan fingerprint density at radius 1 is 0.788 bits per heavy atom. The number of amides is 2. The SMILES string of the molecule is CCCOCCOCC(COCCOCCN=[N+]=[N-])(COCCOCCN=[N+]=[N-])COCCOCCN(N)/C=C(\N)CNC(=O)C(=O)c1c(C)c(C(=O)Nc2ccc(F)c(F)c2)n(C)c1C. The van der Waals surface area contributed by atoms with Gasteiger partial charge in [0.05, 0.1) is 123 Å². The Labute approximate surface area is 382 Å². The van der Waals surface area contributed by atoms with E-state index in [0.717, 1.165) is 18.6 Å². The fourth-order valence-electron chi connectivity index (χ4n) is 6.00. The first-order chi connectivity index (χ1) is 31.8. The van der Waals surface area contributed by atoms with Gasteiger partial charge in [-0.2, -0.15) is 0 Å². The maximum atomic E-state index is 13.7. The van der Waals surface area contributed by atoms with Gasteiger partial charge in [0.15, 0.2) is 11.6 Å².